The van der Waals surface area contributed by atoms with E-state index < -0.39 is 11.8 Å². The Balaban J connectivity index is 1.56. The fraction of sp³-hybridized carbons (Fsp3) is 0.0833. The van der Waals surface area contributed by atoms with Crippen LogP contribution in [0.4, 0.5) is 0 Å². The molecular formula is C24H22N4O4. The maximum atomic E-state index is 12.3. The van der Waals surface area contributed by atoms with E-state index in [9.17, 15) is 9.59 Å². The molecule has 3 rings (SSSR count). The SMILES string of the molecule is COc1ccccc1C=NNC(=O)c1ccc(C(=O)NN=Cc2ccccc2OC)cc1. The summed E-state index contributed by atoms with van der Waals surface area (Å²) in [7, 11) is 3.12. The van der Waals surface area contributed by atoms with E-state index in [4.69, 9.17) is 9.47 Å². The highest BCUT2D eigenvalue weighted by molar-refractivity contribution is 5.98. The monoisotopic (exact) mass is 430 g/mol. The molecule has 162 valence electrons. The number of rotatable bonds is 8. The Morgan fingerprint density at radius 3 is 1.41 bits per heavy atom. The van der Waals surface area contributed by atoms with Crippen molar-refractivity contribution < 1.29 is 19.1 Å². The number of ether oxygens (including phenoxy) is 2. The van der Waals surface area contributed by atoms with Gasteiger partial charge >= 0.3 is 0 Å². The highest BCUT2D eigenvalue weighted by Gasteiger charge is 2.08. The molecule has 3 aromatic rings. The van der Waals surface area contributed by atoms with Crippen LogP contribution in [0.3, 0.4) is 0 Å². The van der Waals surface area contributed by atoms with Crippen molar-refractivity contribution in [2.24, 2.45) is 10.2 Å². The van der Waals surface area contributed by atoms with Crippen LogP contribution in [-0.4, -0.2) is 38.5 Å². The average Bonchev–Trinajstić information content (AvgIpc) is 2.84. The highest BCUT2D eigenvalue weighted by atomic mass is 16.5. The quantitative estimate of drug-likeness (QED) is 0.423. The van der Waals surface area contributed by atoms with Gasteiger partial charge < -0.3 is 9.47 Å². The van der Waals surface area contributed by atoms with Crippen molar-refractivity contribution in [3.63, 3.8) is 0 Å². The lowest BCUT2D eigenvalue weighted by atomic mass is 10.1. The van der Waals surface area contributed by atoms with Gasteiger partial charge in [0.2, 0.25) is 0 Å². The molecule has 2 amide bonds. The van der Waals surface area contributed by atoms with Gasteiger partial charge in [-0.25, -0.2) is 10.9 Å². The van der Waals surface area contributed by atoms with Crippen LogP contribution in [0, 0.1) is 0 Å². The van der Waals surface area contributed by atoms with E-state index in [0.29, 0.717) is 22.6 Å². The molecule has 0 saturated heterocycles. The number of hydrogen-bond acceptors (Lipinski definition) is 6. The van der Waals surface area contributed by atoms with Crippen LogP contribution < -0.4 is 20.3 Å². The number of carbonyl (C=O) groups is 2. The maximum absolute atomic E-state index is 12.3. The van der Waals surface area contributed by atoms with Crippen molar-refractivity contribution in [1.29, 1.82) is 0 Å². The number of benzene rings is 3. The first-order valence-corrected chi connectivity index (χ1v) is 9.65. The Hall–Kier alpha value is -4.46. The van der Waals surface area contributed by atoms with Crippen molar-refractivity contribution in [1.82, 2.24) is 10.9 Å². The summed E-state index contributed by atoms with van der Waals surface area (Å²) in [4.78, 5) is 24.5. The molecule has 0 saturated carbocycles. The molecule has 0 heterocycles. The van der Waals surface area contributed by atoms with Gasteiger partial charge in [-0.15, -0.1) is 0 Å². The van der Waals surface area contributed by atoms with E-state index in [1.807, 2.05) is 36.4 Å². The van der Waals surface area contributed by atoms with Gasteiger partial charge in [-0.3, -0.25) is 9.59 Å². The van der Waals surface area contributed by atoms with Gasteiger partial charge in [0.25, 0.3) is 11.8 Å². The second kappa shape index (κ2) is 11.1. The highest BCUT2D eigenvalue weighted by Crippen LogP contribution is 2.15. The molecule has 0 aliphatic heterocycles. The smallest absolute Gasteiger partial charge is 0.271 e. The van der Waals surface area contributed by atoms with Gasteiger partial charge in [0.05, 0.1) is 26.6 Å². The molecule has 0 aliphatic carbocycles. The van der Waals surface area contributed by atoms with Crippen LogP contribution in [0.15, 0.2) is 83.0 Å². The molecule has 0 aliphatic rings. The first-order valence-electron chi connectivity index (χ1n) is 9.65. The molecule has 8 nitrogen and oxygen atoms in total. The van der Waals surface area contributed by atoms with Gasteiger partial charge in [-0.1, -0.05) is 24.3 Å². The third kappa shape index (κ3) is 5.79. The van der Waals surface area contributed by atoms with E-state index in [2.05, 4.69) is 21.1 Å². The van der Waals surface area contributed by atoms with Crippen molar-refractivity contribution in [3.8, 4) is 11.5 Å². The lowest BCUT2D eigenvalue weighted by Gasteiger charge is -2.05. The molecule has 0 radical (unpaired) electrons. The Kier molecular flexibility index (Phi) is 7.69. The predicted octanol–water partition coefficient (Wildman–Crippen LogP) is 3.23. The topological polar surface area (TPSA) is 101 Å². The number of para-hydroxylation sites is 2. The lowest BCUT2D eigenvalue weighted by Crippen LogP contribution is -2.19. The Morgan fingerprint density at radius 2 is 1.03 bits per heavy atom. The minimum atomic E-state index is -0.405. The number of nitrogens with one attached hydrogen (secondary N) is 2. The molecule has 0 unspecified atom stereocenters. The first kappa shape index (κ1) is 22.2. The zero-order valence-corrected chi connectivity index (χ0v) is 17.6. The molecule has 0 atom stereocenters. The van der Waals surface area contributed by atoms with Crippen LogP contribution in [-0.2, 0) is 0 Å². The average molecular weight is 430 g/mol. The van der Waals surface area contributed by atoms with Crippen LogP contribution in [0.25, 0.3) is 0 Å². The van der Waals surface area contributed by atoms with Gasteiger partial charge in [0.15, 0.2) is 0 Å². The number of nitrogens with zero attached hydrogens (tertiary/aromatic N) is 2. The third-order valence-electron chi connectivity index (χ3n) is 4.43. The molecule has 0 bridgehead atoms. The maximum Gasteiger partial charge on any atom is 0.271 e. The molecule has 8 heteroatoms. The summed E-state index contributed by atoms with van der Waals surface area (Å²) in [6.07, 6.45) is 3.00. The minimum Gasteiger partial charge on any atom is -0.496 e. The number of amides is 2. The second-order valence-electron chi connectivity index (χ2n) is 6.46. The molecular weight excluding hydrogens is 408 g/mol. The fourth-order valence-corrected chi connectivity index (χ4v) is 2.77. The normalized spacial score (nSPS) is 10.8. The molecule has 32 heavy (non-hydrogen) atoms. The molecule has 0 spiro atoms. The van der Waals surface area contributed by atoms with Gasteiger partial charge in [-0.2, -0.15) is 10.2 Å². The molecule has 2 N–H and O–H groups in total. The van der Waals surface area contributed by atoms with Crippen molar-refractivity contribution in [2.75, 3.05) is 14.2 Å². The number of carbonyl (C=O) groups excluding carboxylic acids is 2. The van der Waals surface area contributed by atoms with Crippen LogP contribution in [0.1, 0.15) is 31.8 Å². The summed E-state index contributed by atoms with van der Waals surface area (Å²) >= 11 is 0. The zero-order valence-electron chi connectivity index (χ0n) is 17.6. The fourth-order valence-electron chi connectivity index (χ4n) is 2.77. The van der Waals surface area contributed by atoms with E-state index in [-0.39, 0.29) is 0 Å². The second-order valence-corrected chi connectivity index (χ2v) is 6.46. The Bertz CT molecular complexity index is 1050. The molecule has 3 aromatic carbocycles. The molecule has 0 aromatic heterocycles. The number of hydrazone groups is 2. The first-order chi connectivity index (χ1) is 15.6. The van der Waals surface area contributed by atoms with Gasteiger partial charge in [-0.05, 0) is 48.5 Å². The van der Waals surface area contributed by atoms with Crippen LogP contribution in [0.5, 0.6) is 11.5 Å². The van der Waals surface area contributed by atoms with Crippen LogP contribution >= 0.6 is 0 Å². The standard InChI is InChI=1S/C24H22N4O4/c1-31-21-9-5-3-7-19(21)15-25-27-23(29)17-11-13-18(14-12-17)24(30)28-26-16-20-8-4-6-10-22(20)32-2/h3-16H,1-2H3,(H,27,29)(H,28,30). The van der Waals surface area contributed by atoms with Gasteiger partial charge in [0.1, 0.15) is 11.5 Å². The van der Waals surface area contributed by atoms with Crippen molar-refractivity contribution >= 4 is 24.2 Å². The Morgan fingerprint density at radius 1 is 0.656 bits per heavy atom. The van der Waals surface area contributed by atoms with Crippen molar-refractivity contribution in [2.45, 2.75) is 0 Å². The summed E-state index contributed by atoms with van der Waals surface area (Å²) < 4.78 is 10.5. The zero-order chi connectivity index (χ0) is 22.8. The van der Waals surface area contributed by atoms with E-state index in [1.165, 1.54) is 36.7 Å². The van der Waals surface area contributed by atoms with E-state index in [1.54, 1.807) is 26.4 Å². The summed E-state index contributed by atoms with van der Waals surface area (Å²) in [5.41, 5.74) is 7.08. The number of hydrogen-bond donors (Lipinski definition) is 2. The van der Waals surface area contributed by atoms with E-state index >= 15 is 0 Å². The lowest BCUT2D eigenvalue weighted by molar-refractivity contribution is 0.0943. The predicted molar refractivity (Wildman–Crippen MR) is 123 cm³/mol. The summed E-state index contributed by atoms with van der Waals surface area (Å²) in [6.45, 7) is 0. The third-order valence-corrected chi connectivity index (χ3v) is 4.43. The summed E-state index contributed by atoms with van der Waals surface area (Å²) in [5, 5.41) is 7.91. The van der Waals surface area contributed by atoms with Crippen LogP contribution in [0.2, 0.25) is 0 Å². The number of methoxy groups -OCH3 is 2. The summed E-state index contributed by atoms with van der Waals surface area (Å²) in [6, 6.07) is 20.7. The van der Waals surface area contributed by atoms with E-state index in [0.717, 1.165) is 11.1 Å². The Labute approximate surface area is 185 Å². The largest absolute Gasteiger partial charge is 0.496 e. The van der Waals surface area contributed by atoms with Crippen molar-refractivity contribution in [3.05, 3.63) is 95.1 Å². The van der Waals surface area contributed by atoms with Gasteiger partial charge in [0, 0.05) is 22.3 Å². The molecule has 0 fully saturated rings. The minimum absolute atomic E-state index is 0.358. The summed E-state index contributed by atoms with van der Waals surface area (Å²) in [5.74, 6) is 0.484.